The van der Waals surface area contributed by atoms with Gasteiger partial charge in [0.1, 0.15) is 0 Å². The number of hydrogen-bond donors (Lipinski definition) is 0. The Kier molecular flexibility index (Phi) is 4.43. The molecule has 0 N–H and O–H groups in total. The third-order valence-electron chi connectivity index (χ3n) is 2.79. The van der Waals surface area contributed by atoms with Crippen LogP contribution in [0.2, 0.25) is 0 Å². The molecule has 0 aromatic carbocycles. The van der Waals surface area contributed by atoms with Crippen molar-refractivity contribution in [2.45, 2.75) is 58.9 Å². The Labute approximate surface area is 104 Å². The predicted octanol–water partition coefficient (Wildman–Crippen LogP) is 4.05. The number of rotatable bonds is 4. The van der Waals surface area contributed by atoms with Gasteiger partial charge in [-0.2, -0.15) is 5.10 Å². The molecule has 0 aliphatic heterocycles. The molecule has 0 aliphatic carbocycles. The minimum absolute atomic E-state index is 0.169. The van der Waals surface area contributed by atoms with Gasteiger partial charge in [-0.05, 0) is 38.2 Å². The van der Waals surface area contributed by atoms with Crippen molar-refractivity contribution in [3.8, 4) is 0 Å². The summed E-state index contributed by atoms with van der Waals surface area (Å²) in [7, 11) is 0. The summed E-state index contributed by atoms with van der Waals surface area (Å²) in [6, 6.07) is 2.52. The van der Waals surface area contributed by atoms with E-state index in [1.807, 2.05) is 10.9 Å². The van der Waals surface area contributed by atoms with Crippen molar-refractivity contribution >= 4 is 11.6 Å². The van der Waals surface area contributed by atoms with E-state index in [-0.39, 0.29) is 10.8 Å². The van der Waals surface area contributed by atoms with Gasteiger partial charge >= 0.3 is 0 Å². The maximum atomic E-state index is 6.34. The SMILES string of the molecule is CC(C)n1ccc(CCC(Cl)C(C)(C)C)n1. The molecular weight excluding hydrogens is 220 g/mol. The van der Waals surface area contributed by atoms with Crippen molar-refractivity contribution in [1.29, 1.82) is 0 Å². The molecule has 0 bridgehead atoms. The third-order valence-corrected chi connectivity index (χ3v) is 3.66. The third kappa shape index (κ3) is 3.82. The molecule has 0 saturated heterocycles. The fourth-order valence-electron chi connectivity index (χ4n) is 1.51. The normalized spacial score (nSPS) is 14.4. The molecule has 3 heteroatoms. The highest BCUT2D eigenvalue weighted by Crippen LogP contribution is 2.27. The minimum Gasteiger partial charge on any atom is -0.270 e. The molecule has 0 radical (unpaired) electrons. The van der Waals surface area contributed by atoms with Crippen LogP contribution < -0.4 is 0 Å². The first-order valence-corrected chi connectivity index (χ1v) is 6.42. The number of alkyl halides is 1. The maximum absolute atomic E-state index is 6.34. The highest BCUT2D eigenvalue weighted by molar-refractivity contribution is 6.21. The van der Waals surface area contributed by atoms with Gasteiger partial charge in [0.25, 0.3) is 0 Å². The predicted molar refractivity (Wildman–Crippen MR) is 70.0 cm³/mol. The lowest BCUT2D eigenvalue weighted by Crippen LogP contribution is -2.21. The Balaban J connectivity index is 2.49. The van der Waals surface area contributed by atoms with Crippen LogP contribution in [-0.2, 0) is 6.42 Å². The van der Waals surface area contributed by atoms with Crippen LogP contribution in [-0.4, -0.2) is 15.2 Å². The summed E-state index contributed by atoms with van der Waals surface area (Å²) in [5.41, 5.74) is 1.31. The van der Waals surface area contributed by atoms with Gasteiger partial charge in [0.15, 0.2) is 0 Å². The van der Waals surface area contributed by atoms with Crippen molar-refractivity contribution in [2.75, 3.05) is 0 Å². The molecule has 0 spiro atoms. The summed E-state index contributed by atoms with van der Waals surface area (Å²) in [5, 5.41) is 4.73. The monoisotopic (exact) mass is 242 g/mol. The number of hydrogen-bond acceptors (Lipinski definition) is 1. The first kappa shape index (κ1) is 13.6. The van der Waals surface area contributed by atoms with Crippen molar-refractivity contribution in [1.82, 2.24) is 9.78 Å². The highest BCUT2D eigenvalue weighted by Gasteiger charge is 2.22. The molecule has 0 aliphatic rings. The van der Waals surface area contributed by atoms with Crippen molar-refractivity contribution < 1.29 is 0 Å². The summed E-state index contributed by atoms with van der Waals surface area (Å²) >= 11 is 6.34. The molecule has 1 heterocycles. The van der Waals surface area contributed by atoms with E-state index >= 15 is 0 Å². The molecule has 0 amide bonds. The molecule has 1 unspecified atom stereocenters. The lowest BCUT2D eigenvalue weighted by molar-refractivity contribution is 0.373. The standard InChI is InChI=1S/C13H23ClN2/c1-10(2)16-9-8-11(15-16)6-7-12(14)13(3,4)5/h8-10,12H,6-7H2,1-5H3. The number of nitrogens with zero attached hydrogens (tertiary/aromatic N) is 2. The maximum Gasteiger partial charge on any atom is 0.0625 e. The summed E-state index contributed by atoms with van der Waals surface area (Å²) in [6.07, 6.45) is 3.99. The average Bonchev–Trinajstić information content (AvgIpc) is 2.60. The summed E-state index contributed by atoms with van der Waals surface area (Å²) in [4.78, 5) is 0. The number of aromatic nitrogens is 2. The molecule has 0 saturated carbocycles. The van der Waals surface area contributed by atoms with Gasteiger partial charge in [0, 0.05) is 17.6 Å². The lowest BCUT2D eigenvalue weighted by atomic mass is 9.89. The second kappa shape index (κ2) is 5.22. The van der Waals surface area contributed by atoms with Crippen LogP contribution in [0.3, 0.4) is 0 Å². The van der Waals surface area contributed by atoms with Crippen LogP contribution in [0.25, 0.3) is 0 Å². The molecule has 1 atom stereocenters. The van der Waals surface area contributed by atoms with Crippen molar-refractivity contribution in [2.24, 2.45) is 5.41 Å². The van der Waals surface area contributed by atoms with E-state index in [9.17, 15) is 0 Å². The second-order valence-corrected chi connectivity index (χ2v) is 6.28. The zero-order chi connectivity index (χ0) is 12.3. The van der Waals surface area contributed by atoms with Gasteiger partial charge in [-0.15, -0.1) is 11.6 Å². The van der Waals surface area contributed by atoms with Crippen molar-refractivity contribution in [3.63, 3.8) is 0 Å². The van der Waals surface area contributed by atoms with Crippen LogP contribution in [0.5, 0.6) is 0 Å². The Morgan fingerprint density at radius 3 is 2.44 bits per heavy atom. The smallest absolute Gasteiger partial charge is 0.0625 e. The zero-order valence-electron chi connectivity index (χ0n) is 11.0. The topological polar surface area (TPSA) is 17.8 Å². The van der Waals surface area contributed by atoms with Gasteiger partial charge < -0.3 is 0 Å². The van der Waals surface area contributed by atoms with E-state index in [2.05, 4.69) is 45.8 Å². The molecule has 16 heavy (non-hydrogen) atoms. The van der Waals surface area contributed by atoms with E-state index in [1.54, 1.807) is 0 Å². The average molecular weight is 243 g/mol. The first-order valence-electron chi connectivity index (χ1n) is 5.99. The fraction of sp³-hybridized carbons (Fsp3) is 0.769. The molecule has 1 rings (SSSR count). The Morgan fingerprint density at radius 1 is 1.38 bits per heavy atom. The zero-order valence-corrected chi connectivity index (χ0v) is 11.8. The quantitative estimate of drug-likeness (QED) is 0.729. The van der Waals surface area contributed by atoms with Gasteiger partial charge in [-0.25, -0.2) is 0 Å². The van der Waals surface area contributed by atoms with Crippen LogP contribution in [0.1, 0.15) is 52.8 Å². The molecule has 92 valence electrons. The van der Waals surface area contributed by atoms with E-state index in [0.717, 1.165) is 18.5 Å². The van der Waals surface area contributed by atoms with Crippen LogP contribution >= 0.6 is 11.6 Å². The Morgan fingerprint density at radius 2 is 2.00 bits per heavy atom. The van der Waals surface area contributed by atoms with Gasteiger partial charge in [-0.1, -0.05) is 20.8 Å². The number of aryl methyl sites for hydroxylation is 1. The Hall–Kier alpha value is -0.500. The van der Waals surface area contributed by atoms with Gasteiger partial charge in [0.05, 0.1) is 5.69 Å². The van der Waals surface area contributed by atoms with E-state index in [0.29, 0.717) is 6.04 Å². The van der Waals surface area contributed by atoms with Gasteiger partial charge in [0.2, 0.25) is 0 Å². The van der Waals surface area contributed by atoms with Crippen LogP contribution in [0.15, 0.2) is 12.3 Å². The fourth-order valence-corrected chi connectivity index (χ4v) is 1.62. The highest BCUT2D eigenvalue weighted by atomic mass is 35.5. The Bertz CT molecular complexity index is 323. The molecular formula is C13H23ClN2. The minimum atomic E-state index is 0.169. The number of halogens is 1. The second-order valence-electron chi connectivity index (χ2n) is 5.75. The summed E-state index contributed by atoms with van der Waals surface area (Å²) in [6.45, 7) is 10.8. The summed E-state index contributed by atoms with van der Waals surface area (Å²) < 4.78 is 2.00. The molecule has 1 aromatic heterocycles. The van der Waals surface area contributed by atoms with E-state index < -0.39 is 0 Å². The molecule has 0 fully saturated rings. The van der Waals surface area contributed by atoms with Crippen LogP contribution in [0, 0.1) is 5.41 Å². The first-order chi connectivity index (χ1) is 7.30. The molecule has 2 nitrogen and oxygen atoms in total. The van der Waals surface area contributed by atoms with Crippen molar-refractivity contribution in [3.05, 3.63) is 18.0 Å². The summed E-state index contributed by atoms with van der Waals surface area (Å²) in [5.74, 6) is 0. The van der Waals surface area contributed by atoms with Gasteiger partial charge in [-0.3, -0.25) is 4.68 Å². The van der Waals surface area contributed by atoms with E-state index in [1.165, 1.54) is 0 Å². The van der Waals surface area contributed by atoms with Crippen LogP contribution in [0.4, 0.5) is 0 Å². The van der Waals surface area contributed by atoms with E-state index in [4.69, 9.17) is 11.6 Å². The largest absolute Gasteiger partial charge is 0.270 e. The molecule has 1 aromatic rings. The lowest BCUT2D eigenvalue weighted by Gasteiger charge is -2.24.